The van der Waals surface area contributed by atoms with Crippen molar-refractivity contribution in [3.05, 3.63) is 46.5 Å². The Morgan fingerprint density at radius 2 is 1.25 bits per heavy atom. The summed E-state index contributed by atoms with van der Waals surface area (Å²) in [4.78, 5) is 0. The van der Waals surface area contributed by atoms with Crippen molar-refractivity contribution in [2.45, 2.75) is 40.7 Å². The first-order valence-corrected chi connectivity index (χ1v) is 8.59. The third-order valence-electron chi connectivity index (χ3n) is 4.36. The highest BCUT2D eigenvalue weighted by atomic mass is 16.6. The van der Waals surface area contributed by atoms with E-state index in [4.69, 9.17) is 14.2 Å². The zero-order chi connectivity index (χ0) is 17.3. The molecule has 0 radical (unpaired) electrons. The van der Waals surface area contributed by atoms with Gasteiger partial charge in [-0.3, -0.25) is 0 Å². The lowest BCUT2D eigenvalue weighted by Gasteiger charge is -2.16. The first-order valence-electron chi connectivity index (χ1n) is 8.59. The van der Waals surface area contributed by atoms with Crippen LogP contribution in [-0.2, 0) is 4.74 Å². The highest BCUT2D eigenvalue weighted by molar-refractivity contribution is 5.70. The van der Waals surface area contributed by atoms with Crippen molar-refractivity contribution in [3.63, 3.8) is 0 Å². The van der Waals surface area contributed by atoms with Gasteiger partial charge in [0, 0.05) is 0 Å². The summed E-state index contributed by atoms with van der Waals surface area (Å²) < 4.78 is 16.9. The van der Waals surface area contributed by atoms with Gasteiger partial charge in [0.1, 0.15) is 24.2 Å². The summed E-state index contributed by atoms with van der Waals surface area (Å²) in [6.07, 6.45) is 0.278. The predicted octanol–water partition coefficient (Wildman–Crippen LogP) is 4.76. The van der Waals surface area contributed by atoms with Crippen LogP contribution in [0.1, 0.15) is 29.2 Å². The molecule has 1 heterocycles. The van der Waals surface area contributed by atoms with Crippen LogP contribution in [0.25, 0.3) is 11.1 Å². The Balaban J connectivity index is 1.91. The number of benzene rings is 2. The van der Waals surface area contributed by atoms with Crippen molar-refractivity contribution in [1.29, 1.82) is 0 Å². The molecule has 24 heavy (non-hydrogen) atoms. The zero-order valence-electron chi connectivity index (χ0n) is 15.2. The molecule has 0 amide bonds. The molecule has 1 aliphatic rings. The third kappa shape index (κ3) is 3.57. The van der Waals surface area contributed by atoms with Gasteiger partial charge in [-0.25, -0.2) is 0 Å². The number of hydrogen-bond donors (Lipinski definition) is 0. The molecular weight excluding hydrogens is 300 g/mol. The summed E-state index contributed by atoms with van der Waals surface area (Å²) in [5, 5.41) is 0. The fourth-order valence-corrected chi connectivity index (χ4v) is 3.17. The van der Waals surface area contributed by atoms with Gasteiger partial charge in [-0.15, -0.1) is 0 Å². The van der Waals surface area contributed by atoms with Crippen LogP contribution < -0.4 is 9.47 Å². The molecule has 3 rings (SSSR count). The smallest absolute Gasteiger partial charge is 0.125 e. The van der Waals surface area contributed by atoms with Gasteiger partial charge in [-0.05, 0) is 92.3 Å². The third-order valence-corrected chi connectivity index (χ3v) is 4.36. The average Bonchev–Trinajstić information content (AvgIpc) is 3.34. The van der Waals surface area contributed by atoms with Crippen molar-refractivity contribution in [2.24, 2.45) is 0 Å². The van der Waals surface area contributed by atoms with E-state index in [0.29, 0.717) is 13.2 Å². The van der Waals surface area contributed by atoms with E-state index < -0.39 is 0 Å². The monoisotopic (exact) mass is 326 g/mol. The van der Waals surface area contributed by atoms with Gasteiger partial charge in [-0.1, -0.05) is 0 Å². The fourth-order valence-electron chi connectivity index (χ4n) is 3.17. The second-order valence-corrected chi connectivity index (χ2v) is 6.58. The van der Waals surface area contributed by atoms with Crippen molar-refractivity contribution in [2.75, 3.05) is 19.8 Å². The van der Waals surface area contributed by atoms with Gasteiger partial charge in [0.2, 0.25) is 0 Å². The van der Waals surface area contributed by atoms with Crippen LogP contribution in [0, 0.1) is 27.7 Å². The number of aryl methyl sites for hydroxylation is 4. The largest absolute Gasteiger partial charge is 0.493 e. The number of epoxide rings is 1. The molecule has 3 heteroatoms. The van der Waals surface area contributed by atoms with Crippen LogP contribution in [-0.4, -0.2) is 25.9 Å². The molecule has 1 saturated heterocycles. The second-order valence-electron chi connectivity index (χ2n) is 6.58. The van der Waals surface area contributed by atoms with E-state index in [0.717, 1.165) is 29.2 Å². The van der Waals surface area contributed by atoms with E-state index in [1.54, 1.807) is 0 Å². The van der Waals surface area contributed by atoms with Crippen LogP contribution in [0.3, 0.4) is 0 Å². The first kappa shape index (κ1) is 16.8. The molecule has 1 fully saturated rings. The van der Waals surface area contributed by atoms with Crippen LogP contribution in [0.2, 0.25) is 0 Å². The summed E-state index contributed by atoms with van der Waals surface area (Å²) in [5.74, 6) is 1.98. The highest BCUT2D eigenvalue weighted by Crippen LogP contribution is 2.34. The molecule has 2 aromatic rings. The topological polar surface area (TPSA) is 31.0 Å². The highest BCUT2D eigenvalue weighted by Gasteiger charge is 2.23. The SMILES string of the molecule is CCOc1c(C)cc(-c2cc(C)c(OCC3CO3)c(C)c2)cc1C. The maximum atomic E-state index is 5.94. The summed E-state index contributed by atoms with van der Waals surface area (Å²) in [7, 11) is 0. The Bertz CT molecular complexity index is 699. The van der Waals surface area contributed by atoms with Crippen LogP contribution in [0.4, 0.5) is 0 Å². The molecule has 0 spiro atoms. The fraction of sp³-hybridized carbons (Fsp3) is 0.429. The van der Waals surface area contributed by atoms with Crippen molar-refractivity contribution < 1.29 is 14.2 Å². The molecule has 128 valence electrons. The number of ether oxygens (including phenoxy) is 3. The number of rotatable bonds is 6. The van der Waals surface area contributed by atoms with Gasteiger partial charge >= 0.3 is 0 Å². The lowest BCUT2D eigenvalue weighted by Crippen LogP contribution is -2.06. The lowest BCUT2D eigenvalue weighted by atomic mass is 9.96. The Labute approximate surface area is 144 Å². The Hall–Kier alpha value is -2.00. The van der Waals surface area contributed by atoms with Crippen molar-refractivity contribution >= 4 is 0 Å². The summed E-state index contributed by atoms with van der Waals surface area (Å²) >= 11 is 0. The molecule has 1 unspecified atom stereocenters. The molecule has 0 bridgehead atoms. The zero-order valence-corrected chi connectivity index (χ0v) is 15.2. The second kappa shape index (κ2) is 6.86. The van der Waals surface area contributed by atoms with Gasteiger partial charge in [0.15, 0.2) is 0 Å². The molecule has 3 nitrogen and oxygen atoms in total. The molecular formula is C21H26O3. The average molecular weight is 326 g/mol. The van der Waals surface area contributed by atoms with Gasteiger partial charge in [0.05, 0.1) is 13.2 Å². The predicted molar refractivity (Wildman–Crippen MR) is 97.2 cm³/mol. The minimum atomic E-state index is 0.278. The van der Waals surface area contributed by atoms with Gasteiger partial charge in [-0.2, -0.15) is 0 Å². The molecule has 0 aliphatic carbocycles. The maximum Gasteiger partial charge on any atom is 0.125 e. The van der Waals surface area contributed by atoms with E-state index >= 15 is 0 Å². The molecule has 1 atom stereocenters. The van der Waals surface area contributed by atoms with E-state index in [2.05, 4.69) is 52.0 Å². The Morgan fingerprint density at radius 3 is 1.62 bits per heavy atom. The van der Waals surface area contributed by atoms with E-state index in [-0.39, 0.29) is 6.10 Å². The molecule has 1 aliphatic heterocycles. The lowest BCUT2D eigenvalue weighted by molar-refractivity contribution is 0.260. The first-order chi connectivity index (χ1) is 11.5. The van der Waals surface area contributed by atoms with E-state index in [1.165, 1.54) is 22.3 Å². The quantitative estimate of drug-likeness (QED) is 0.717. The molecule has 0 N–H and O–H groups in total. The van der Waals surface area contributed by atoms with Gasteiger partial charge < -0.3 is 14.2 Å². The standard InChI is InChI=1S/C21H26O3/c1-6-22-20-13(2)7-17(8-14(20)3)18-9-15(4)21(16(5)10-18)24-12-19-11-23-19/h7-10,19H,6,11-12H2,1-5H3. The van der Waals surface area contributed by atoms with E-state index in [9.17, 15) is 0 Å². The number of hydrogen-bond acceptors (Lipinski definition) is 3. The summed E-state index contributed by atoms with van der Waals surface area (Å²) in [5.41, 5.74) is 7.11. The molecule has 0 aromatic heterocycles. The van der Waals surface area contributed by atoms with Crippen molar-refractivity contribution in [1.82, 2.24) is 0 Å². The maximum absolute atomic E-state index is 5.94. The van der Waals surface area contributed by atoms with Crippen LogP contribution >= 0.6 is 0 Å². The van der Waals surface area contributed by atoms with Gasteiger partial charge in [0.25, 0.3) is 0 Å². The molecule has 0 saturated carbocycles. The normalized spacial score (nSPS) is 16.1. The molecule has 2 aromatic carbocycles. The van der Waals surface area contributed by atoms with E-state index in [1.807, 2.05) is 6.92 Å². The summed E-state index contributed by atoms with van der Waals surface area (Å²) in [6, 6.07) is 8.80. The minimum Gasteiger partial charge on any atom is -0.493 e. The van der Waals surface area contributed by atoms with Crippen LogP contribution in [0.5, 0.6) is 11.5 Å². The Kier molecular flexibility index (Phi) is 4.81. The minimum absolute atomic E-state index is 0.278. The Morgan fingerprint density at radius 1 is 0.833 bits per heavy atom. The van der Waals surface area contributed by atoms with Crippen LogP contribution in [0.15, 0.2) is 24.3 Å². The van der Waals surface area contributed by atoms with Crippen molar-refractivity contribution in [3.8, 4) is 22.6 Å². The summed E-state index contributed by atoms with van der Waals surface area (Å²) in [6.45, 7) is 12.6.